The summed E-state index contributed by atoms with van der Waals surface area (Å²) in [5, 5.41) is 13.6. The van der Waals surface area contributed by atoms with Gasteiger partial charge >= 0.3 is 0 Å². The molecule has 3 N–H and O–H groups in total. The van der Waals surface area contributed by atoms with Crippen LogP contribution in [0.15, 0.2) is 0 Å². The number of hydrogen-bond donors (Lipinski definition) is 3. The molecule has 1 aromatic heterocycles. The van der Waals surface area contributed by atoms with Crippen LogP contribution >= 0.6 is 0 Å². The molecule has 1 aromatic rings. The summed E-state index contributed by atoms with van der Waals surface area (Å²) in [6, 6.07) is 0.377. The fourth-order valence-corrected chi connectivity index (χ4v) is 3.35. The molecule has 0 radical (unpaired) electrons. The van der Waals surface area contributed by atoms with Gasteiger partial charge in [-0.3, -0.25) is 14.8 Å². The number of nitrogens with zero attached hydrogens (tertiary/aromatic N) is 2. The number of fused-ring (bicyclic) bond motifs is 1. The Morgan fingerprint density at radius 1 is 1.35 bits per heavy atom. The number of aromatic nitrogens is 2. The van der Waals surface area contributed by atoms with Crippen LogP contribution < -0.4 is 10.6 Å². The zero-order valence-corrected chi connectivity index (χ0v) is 14.9. The monoisotopic (exact) mass is 321 g/mol. The fourth-order valence-electron chi connectivity index (χ4n) is 3.35. The lowest BCUT2D eigenvalue weighted by Crippen LogP contribution is -2.44. The molecule has 0 spiro atoms. The molecule has 1 unspecified atom stereocenters. The number of carbonyl (C=O) groups is 1. The number of amides is 1. The standard InChI is InChI=1S/C17H31N5O/c1-5-22(6-2)13(9-12(3)4)10-19-17(23)16-14-11-18-8-7-15(14)20-21-16/h12-13,18H,5-11H2,1-4H3,(H,19,23)(H,20,21). The van der Waals surface area contributed by atoms with Crippen LogP contribution in [0.25, 0.3) is 0 Å². The highest BCUT2D eigenvalue weighted by Gasteiger charge is 2.23. The summed E-state index contributed by atoms with van der Waals surface area (Å²) in [4.78, 5) is 14.9. The first kappa shape index (κ1) is 17.9. The van der Waals surface area contributed by atoms with Crippen LogP contribution in [-0.4, -0.2) is 53.2 Å². The molecule has 1 aliphatic rings. The summed E-state index contributed by atoms with van der Waals surface area (Å²) < 4.78 is 0. The van der Waals surface area contributed by atoms with Gasteiger partial charge in [0.05, 0.1) is 0 Å². The summed E-state index contributed by atoms with van der Waals surface area (Å²) in [5.41, 5.74) is 2.67. The van der Waals surface area contributed by atoms with Gasteiger partial charge < -0.3 is 10.6 Å². The highest BCUT2D eigenvalue weighted by Crippen LogP contribution is 2.16. The molecule has 0 aromatic carbocycles. The Kier molecular flexibility index (Phi) is 6.59. The van der Waals surface area contributed by atoms with Gasteiger partial charge in [-0.25, -0.2) is 0 Å². The van der Waals surface area contributed by atoms with Crippen LogP contribution in [0.5, 0.6) is 0 Å². The second-order valence-corrected chi connectivity index (χ2v) is 6.67. The van der Waals surface area contributed by atoms with Crippen LogP contribution in [-0.2, 0) is 13.0 Å². The van der Waals surface area contributed by atoms with Crippen molar-refractivity contribution < 1.29 is 4.79 Å². The molecule has 1 atom stereocenters. The van der Waals surface area contributed by atoms with Gasteiger partial charge in [0.25, 0.3) is 5.91 Å². The van der Waals surface area contributed by atoms with Crippen molar-refractivity contribution in [3.8, 4) is 0 Å². The molecule has 0 bridgehead atoms. The fraction of sp³-hybridized carbons (Fsp3) is 0.765. The summed E-state index contributed by atoms with van der Waals surface area (Å²) in [6.45, 7) is 13.2. The van der Waals surface area contributed by atoms with Crippen molar-refractivity contribution in [3.05, 3.63) is 17.0 Å². The number of nitrogens with one attached hydrogen (secondary N) is 3. The van der Waals surface area contributed by atoms with E-state index in [9.17, 15) is 4.79 Å². The van der Waals surface area contributed by atoms with Gasteiger partial charge in [-0.15, -0.1) is 0 Å². The highest BCUT2D eigenvalue weighted by molar-refractivity contribution is 5.94. The molecule has 2 rings (SSSR count). The van der Waals surface area contributed by atoms with E-state index >= 15 is 0 Å². The molecule has 23 heavy (non-hydrogen) atoms. The first-order valence-electron chi connectivity index (χ1n) is 8.85. The Balaban J connectivity index is 1.99. The Morgan fingerprint density at radius 3 is 2.74 bits per heavy atom. The number of carbonyl (C=O) groups excluding carboxylic acids is 1. The van der Waals surface area contributed by atoms with Crippen LogP contribution in [0.3, 0.4) is 0 Å². The van der Waals surface area contributed by atoms with Gasteiger partial charge in [0, 0.05) is 43.4 Å². The average molecular weight is 321 g/mol. The summed E-state index contributed by atoms with van der Waals surface area (Å²) in [7, 11) is 0. The molecule has 6 heteroatoms. The van der Waals surface area contributed by atoms with Crippen LogP contribution in [0.2, 0.25) is 0 Å². The van der Waals surface area contributed by atoms with Crippen LogP contribution in [0, 0.1) is 5.92 Å². The minimum atomic E-state index is -0.0629. The maximum Gasteiger partial charge on any atom is 0.272 e. The van der Waals surface area contributed by atoms with Crippen molar-refractivity contribution in [1.29, 1.82) is 0 Å². The summed E-state index contributed by atoms with van der Waals surface area (Å²) in [6.07, 6.45) is 1.99. The number of rotatable bonds is 8. The molecule has 2 heterocycles. The minimum absolute atomic E-state index is 0.0629. The predicted molar refractivity (Wildman–Crippen MR) is 92.5 cm³/mol. The summed E-state index contributed by atoms with van der Waals surface area (Å²) in [5.74, 6) is 0.548. The van der Waals surface area contributed by atoms with E-state index in [-0.39, 0.29) is 5.91 Å². The van der Waals surface area contributed by atoms with Crippen molar-refractivity contribution in [2.45, 2.75) is 53.1 Å². The smallest absolute Gasteiger partial charge is 0.272 e. The molecule has 0 fully saturated rings. The van der Waals surface area contributed by atoms with Gasteiger partial charge in [0.15, 0.2) is 5.69 Å². The number of H-pyrrole nitrogens is 1. The SMILES string of the molecule is CCN(CC)C(CNC(=O)c1n[nH]c2c1CNCC2)CC(C)C. The lowest BCUT2D eigenvalue weighted by molar-refractivity contribution is 0.0923. The molecule has 1 amide bonds. The molecular weight excluding hydrogens is 290 g/mol. The van der Waals surface area contributed by atoms with E-state index in [2.05, 4.69) is 53.4 Å². The third-order valence-electron chi connectivity index (χ3n) is 4.59. The molecule has 6 nitrogen and oxygen atoms in total. The van der Waals surface area contributed by atoms with Crippen LogP contribution in [0.1, 0.15) is 55.9 Å². The van der Waals surface area contributed by atoms with Gasteiger partial charge in [0.2, 0.25) is 0 Å². The Hall–Kier alpha value is -1.40. The van der Waals surface area contributed by atoms with E-state index in [0.29, 0.717) is 24.2 Å². The van der Waals surface area contributed by atoms with Crippen molar-refractivity contribution in [2.75, 3.05) is 26.2 Å². The quantitative estimate of drug-likeness (QED) is 0.679. The van der Waals surface area contributed by atoms with Gasteiger partial charge in [-0.05, 0) is 25.4 Å². The number of aromatic amines is 1. The van der Waals surface area contributed by atoms with Crippen molar-refractivity contribution in [1.82, 2.24) is 25.7 Å². The van der Waals surface area contributed by atoms with E-state index in [0.717, 1.165) is 50.3 Å². The van der Waals surface area contributed by atoms with Crippen LogP contribution in [0.4, 0.5) is 0 Å². The zero-order valence-electron chi connectivity index (χ0n) is 14.9. The topological polar surface area (TPSA) is 73.0 Å². The molecule has 0 saturated heterocycles. The third-order valence-corrected chi connectivity index (χ3v) is 4.59. The van der Waals surface area contributed by atoms with Gasteiger partial charge in [-0.2, -0.15) is 5.10 Å². The van der Waals surface area contributed by atoms with Crippen molar-refractivity contribution in [2.24, 2.45) is 5.92 Å². The lowest BCUT2D eigenvalue weighted by Gasteiger charge is -2.31. The van der Waals surface area contributed by atoms with Gasteiger partial charge in [-0.1, -0.05) is 27.7 Å². The first-order valence-corrected chi connectivity index (χ1v) is 8.85. The van der Waals surface area contributed by atoms with E-state index in [1.54, 1.807) is 0 Å². The Bertz CT molecular complexity index is 507. The largest absolute Gasteiger partial charge is 0.349 e. The lowest BCUT2D eigenvalue weighted by atomic mass is 10.0. The Labute approximate surface area is 139 Å². The zero-order chi connectivity index (χ0) is 16.8. The normalized spacial score (nSPS) is 15.7. The first-order chi connectivity index (χ1) is 11.1. The second-order valence-electron chi connectivity index (χ2n) is 6.67. The third kappa shape index (κ3) is 4.54. The van der Waals surface area contributed by atoms with E-state index < -0.39 is 0 Å². The van der Waals surface area contributed by atoms with E-state index in [1.165, 1.54) is 0 Å². The number of likely N-dealkylation sites (N-methyl/N-ethyl adjacent to an activating group) is 1. The average Bonchev–Trinajstić information content (AvgIpc) is 2.97. The predicted octanol–water partition coefficient (Wildman–Crippen LogP) is 1.54. The summed E-state index contributed by atoms with van der Waals surface area (Å²) >= 11 is 0. The second kappa shape index (κ2) is 8.45. The maximum absolute atomic E-state index is 12.5. The Morgan fingerprint density at radius 2 is 2.09 bits per heavy atom. The molecule has 130 valence electrons. The van der Waals surface area contributed by atoms with E-state index in [1.807, 2.05) is 0 Å². The highest BCUT2D eigenvalue weighted by atomic mass is 16.1. The van der Waals surface area contributed by atoms with Gasteiger partial charge in [0.1, 0.15) is 0 Å². The number of hydrogen-bond acceptors (Lipinski definition) is 4. The maximum atomic E-state index is 12.5. The minimum Gasteiger partial charge on any atom is -0.349 e. The molecule has 0 aliphatic carbocycles. The van der Waals surface area contributed by atoms with E-state index in [4.69, 9.17) is 0 Å². The molecule has 0 saturated carbocycles. The molecular formula is C17H31N5O. The van der Waals surface area contributed by atoms with Crippen molar-refractivity contribution in [3.63, 3.8) is 0 Å². The molecule has 1 aliphatic heterocycles. The van der Waals surface area contributed by atoms with Crippen molar-refractivity contribution >= 4 is 5.91 Å².